The van der Waals surface area contributed by atoms with Crippen LogP contribution in [0.4, 0.5) is 5.13 Å². The van der Waals surface area contributed by atoms with Crippen LogP contribution in [0.2, 0.25) is 5.02 Å². The van der Waals surface area contributed by atoms with Crippen molar-refractivity contribution >= 4 is 39.8 Å². The number of nitrogens with zero attached hydrogens (tertiary/aromatic N) is 1. The molecule has 0 radical (unpaired) electrons. The zero-order valence-corrected chi connectivity index (χ0v) is 10.9. The third-order valence-corrected chi connectivity index (χ3v) is 4.01. The van der Waals surface area contributed by atoms with E-state index in [1.165, 1.54) is 16.9 Å². The summed E-state index contributed by atoms with van der Waals surface area (Å²) in [5, 5.41) is 3.42. The average Bonchev–Trinajstić information content (AvgIpc) is 2.67. The van der Waals surface area contributed by atoms with Crippen molar-refractivity contribution < 1.29 is 0 Å². The highest BCUT2D eigenvalue weighted by molar-refractivity contribution is 7.97. The van der Waals surface area contributed by atoms with Gasteiger partial charge in [-0.15, -0.1) is 11.3 Å². The first-order chi connectivity index (χ1) is 7.74. The summed E-state index contributed by atoms with van der Waals surface area (Å²) in [6.07, 6.45) is 0. The number of anilines is 1. The van der Waals surface area contributed by atoms with E-state index in [0.29, 0.717) is 5.13 Å². The van der Waals surface area contributed by atoms with Crippen LogP contribution in [0.25, 0.3) is 0 Å². The van der Waals surface area contributed by atoms with Crippen LogP contribution in [-0.2, 0) is 11.5 Å². The van der Waals surface area contributed by atoms with Crippen molar-refractivity contribution in [2.24, 2.45) is 0 Å². The van der Waals surface area contributed by atoms with Gasteiger partial charge in [0.1, 0.15) is 0 Å². The van der Waals surface area contributed by atoms with Gasteiger partial charge in [0, 0.05) is 21.9 Å². The van der Waals surface area contributed by atoms with Crippen LogP contribution in [0.15, 0.2) is 29.6 Å². The van der Waals surface area contributed by atoms with Crippen molar-refractivity contribution in [1.82, 2.24) is 4.98 Å². The second kappa shape index (κ2) is 5.57. The Kier molecular flexibility index (Phi) is 4.09. The van der Waals surface area contributed by atoms with Gasteiger partial charge < -0.3 is 5.73 Å². The van der Waals surface area contributed by atoms with E-state index in [9.17, 15) is 0 Å². The molecule has 0 saturated heterocycles. The zero-order chi connectivity index (χ0) is 11.4. The molecule has 5 heteroatoms. The Hall–Kier alpha value is -0.710. The fourth-order valence-electron chi connectivity index (χ4n) is 1.24. The van der Waals surface area contributed by atoms with Crippen molar-refractivity contribution in [3.63, 3.8) is 0 Å². The first-order valence-electron chi connectivity index (χ1n) is 4.76. The van der Waals surface area contributed by atoms with Gasteiger partial charge in [0.05, 0.1) is 5.69 Å². The maximum Gasteiger partial charge on any atom is 0.180 e. The van der Waals surface area contributed by atoms with Gasteiger partial charge in [-0.25, -0.2) is 4.98 Å². The molecule has 1 aromatic carbocycles. The summed E-state index contributed by atoms with van der Waals surface area (Å²) in [5.74, 6) is 1.87. The lowest BCUT2D eigenvalue weighted by atomic mass is 10.2. The minimum absolute atomic E-state index is 0.641. The van der Waals surface area contributed by atoms with E-state index >= 15 is 0 Å². The second-order valence-corrected chi connectivity index (χ2v) is 5.61. The van der Waals surface area contributed by atoms with E-state index in [1.54, 1.807) is 0 Å². The predicted octanol–water partition coefficient (Wildman–Crippen LogP) is 3.81. The third-order valence-electron chi connectivity index (χ3n) is 2.00. The molecule has 0 fully saturated rings. The lowest BCUT2D eigenvalue weighted by Crippen LogP contribution is -1.86. The topological polar surface area (TPSA) is 38.9 Å². The summed E-state index contributed by atoms with van der Waals surface area (Å²) in [6.45, 7) is 0. The van der Waals surface area contributed by atoms with Gasteiger partial charge in [0.2, 0.25) is 0 Å². The van der Waals surface area contributed by atoms with Gasteiger partial charge in [-0.05, 0) is 17.7 Å². The summed E-state index contributed by atoms with van der Waals surface area (Å²) in [6, 6.07) is 7.92. The minimum Gasteiger partial charge on any atom is -0.375 e. The molecular weight excluding hydrogens is 260 g/mol. The van der Waals surface area contributed by atoms with Crippen molar-refractivity contribution in [2.45, 2.75) is 11.5 Å². The van der Waals surface area contributed by atoms with E-state index in [-0.39, 0.29) is 0 Å². The van der Waals surface area contributed by atoms with Crippen molar-refractivity contribution in [2.75, 3.05) is 5.73 Å². The van der Waals surface area contributed by atoms with Gasteiger partial charge in [0.25, 0.3) is 0 Å². The first kappa shape index (κ1) is 11.8. The van der Waals surface area contributed by atoms with Crippen LogP contribution >= 0.6 is 34.7 Å². The monoisotopic (exact) mass is 270 g/mol. The van der Waals surface area contributed by atoms with Crippen LogP contribution in [-0.4, -0.2) is 4.98 Å². The maximum atomic E-state index is 5.82. The molecule has 0 aliphatic carbocycles. The summed E-state index contributed by atoms with van der Waals surface area (Å²) < 4.78 is 0. The highest BCUT2D eigenvalue weighted by Gasteiger charge is 1.99. The van der Waals surface area contributed by atoms with Gasteiger partial charge in [-0.2, -0.15) is 11.8 Å². The summed E-state index contributed by atoms with van der Waals surface area (Å²) >= 11 is 9.13. The lowest BCUT2D eigenvalue weighted by Gasteiger charge is -2.00. The summed E-state index contributed by atoms with van der Waals surface area (Å²) in [7, 11) is 0. The molecule has 2 aromatic rings. The fourth-order valence-corrected chi connectivity index (χ4v) is 2.92. The van der Waals surface area contributed by atoms with Crippen LogP contribution < -0.4 is 5.73 Å². The standard InChI is InChI=1S/C11H11ClN2S2/c12-9-3-1-8(2-4-9)5-15-6-10-7-16-11(13)14-10/h1-4,7H,5-6H2,(H2,13,14). The highest BCUT2D eigenvalue weighted by atomic mass is 35.5. The Labute approximate surface area is 108 Å². The van der Waals surface area contributed by atoms with E-state index in [1.807, 2.05) is 41.4 Å². The average molecular weight is 271 g/mol. The van der Waals surface area contributed by atoms with Crippen molar-refractivity contribution in [3.8, 4) is 0 Å². The molecule has 2 nitrogen and oxygen atoms in total. The number of nitrogens with two attached hydrogens (primary N) is 1. The van der Waals surface area contributed by atoms with Crippen LogP contribution in [0.1, 0.15) is 11.3 Å². The second-order valence-electron chi connectivity index (χ2n) is 3.30. The smallest absolute Gasteiger partial charge is 0.180 e. The number of aromatic nitrogens is 1. The van der Waals surface area contributed by atoms with E-state index < -0.39 is 0 Å². The molecule has 1 heterocycles. The molecule has 1 aromatic heterocycles. The Balaban J connectivity index is 1.82. The summed E-state index contributed by atoms with van der Waals surface area (Å²) in [5.41, 5.74) is 7.89. The minimum atomic E-state index is 0.641. The molecule has 2 rings (SSSR count). The lowest BCUT2D eigenvalue weighted by molar-refractivity contribution is 1.23. The molecule has 0 atom stereocenters. The van der Waals surface area contributed by atoms with Crippen molar-refractivity contribution in [3.05, 3.63) is 45.9 Å². The fraction of sp³-hybridized carbons (Fsp3) is 0.182. The van der Waals surface area contributed by atoms with Gasteiger partial charge in [0.15, 0.2) is 5.13 Å². The van der Waals surface area contributed by atoms with Gasteiger partial charge >= 0.3 is 0 Å². The molecule has 16 heavy (non-hydrogen) atoms. The number of thioether (sulfide) groups is 1. The molecule has 0 spiro atoms. The van der Waals surface area contributed by atoms with E-state index in [2.05, 4.69) is 4.98 Å². The Morgan fingerprint density at radius 3 is 2.62 bits per heavy atom. The van der Waals surface area contributed by atoms with Crippen LogP contribution in [0.5, 0.6) is 0 Å². The van der Waals surface area contributed by atoms with Crippen LogP contribution in [0, 0.1) is 0 Å². The quantitative estimate of drug-likeness (QED) is 0.918. The molecule has 0 bridgehead atoms. The highest BCUT2D eigenvalue weighted by Crippen LogP contribution is 2.21. The number of benzene rings is 1. The largest absolute Gasteiger partial charge is 0.375 e. The Morgan fingerprint density at radius 2 is 2.00 bits per heavy atom. The first-order valence-corrected chi connectivity index (χ1v) is 7.17. The number of rotatable bonds is 4. The summed E-state index contributed by atoms with van der Waals surface area (Å²) in [4.78, 5) is 4.21. The molecule has 0 aliphatic rings. The Bertz CT molecular complexity index is 453. The Morgan fingerprint density at radius 1 is 1.25 bits per heavy atom. The molecule has 0 aliphatic heterocycles. The SMILES string of the molecule is Nc1nc(CSCc2ccc(Cl)cc2)cs1. The number of halogens is 1. The van der Waals surface area contributed by atoms with E-state index in [0.717, 1.165) is 22.2 Å². The van der Waals surface area contributed by atoms with Gasteiger partial charge in [-0.1, -0.05) is 23.7 Å². The maximum absolute atomic E-state index is 5.82. The number of hydrogen-bond acceptors (Lipinski definition) is 4. The molecule has 0 unspecified atom stereocenters. The predicted molar refractivity (Wildman–Crippen MR) is 73.0 cm³/mol. The third kappa shape index (κ3) is 3.40. The van der Waals surface area contributed by atoms with Gasteiger partial charge in [-0.3, -0.25) is 0 Å². The molecule has 2 N–H and O–H groups in total. The molecule has 84 valence electrons. The number of thiazole rings is 1. The zero-order valence-electron chi connectivity index (χ0n) is 8.52. The normalized spacial score (nSPS) is 10.6. The molecule has 0 amide bonds. The van der Waals surface area contributed by atoms with Crippen molar-refractivity contribution in [1.29, 1.82) is 0 Å². The number of hydrogen-bond donors (Lipinski definition) is 1. The number of nitrogen functional groups attached to an aromatic ring is 1. The van der Waals surface area contributed by atoms with Crippen LogP contribution in [0.3, 0.4) is 0 Å². The van der Waals surface area contributed by atoms with E-state index in [4.69, 9.17) is 17.3 Å². The molecule has 0 saturated carbocycles. The molecular formula is C11H11ClN2S2.